The Morgan fingerprint density at radius 3 is 2.83 bits per heavy atom. The van der Waals surface area contributed by atoms with E-state index >= 15 is 0 Å². The number of nitrogens with one attached hydrogen (secondary N) is 1. The first kappa shape index (κ1) is 24.3. The molecule has 1 saturated heterocycles. The van der Waals surface area contributed by atoms with Crippen molar-refractivity contribution in [3.8, 4) is 5.75 Å². The summed E-state index contributed by atoms with van der Waals surface area (Å²) in [4.78, 5) is 34.5. The second-order valence-corrected chi connectivity index (χ2v) is 8.82. The minimum absolute atomic E-state index is 0.0106. The summed E-state index contributed by atoms with van der Waals surface area (Å²) in [5.74, 6) is 0.731. The van der Waals surface area contributed by atoms with Crippen LogP contribution in [0.25, 0.3) is 11.0 Å². The summed E-state index contributed by atoms with van der Waals surface area (Å²) in [6.07, 6.45) is 9.12. The number of para-hydroxylation sites is 1. The Balaban J connectivity index is 1.70. The summed E-state index contributed by atoms with van der Waals surface area (Å²) < 4.78 is 7.66. The van der Waals surface area contributed by atoms with Crippen molar-refractivity contribution in [3.63, 3.8) is 0 Å². The number of amides is 2. The Morgan fingerprint density at radius 2 is 2.09 bits per heavy atom. The van der Waals surface area contributed by atoms with E-state index in [-0.39, 0.29) is 17.9 Å². The number of anilines is 1. The lowest BCUT2D eigenvalue weighted by atomic mass is 10.1. The molecule has 3 aromatic rings. The first-order valence-electron chi connectivity index (χ1n) is 11.7. The topological polar surface area (TPSA) is 105 Å². The number of nitrogens with zero attached hydrogens (tertiary/aromatic N) is 6. The van der Waals surface area contributed by atoms with Gasteiger partial charge in [-0.3, -0.25) is 14.9 Å². The fourth-order valence-electron chi connectivity index (χ4n) is 4.32. The lowest BCUT2D eigenvalue weighted by molar-refractivity contribution is -0.126. The molecule has 1 aliphatic heterocycles. The summed E-state index contributed by atoms with van der Waals surface area (Å²) in [5.41, 5.74) is 1.88. The highest BCUT2D eigenvalue weighted by molar-refractivity contribution is 6.04. The van der Waals surface area contributed by atoms with E-state index in [0.717, 1.165) is 24.8 Å². The molecule has 2 aromatic heterocycles. The van der Waals surface area contributed by atoms with Crippen molar-refractivity contribution in [1.82, 2.24) is 29.5 Å². The molecule has 1 aliphatic rings. The number of ether oxygens (including phenoxy) is 1. The second kappa shape index (κ2) is 11.1. The van der Waals surface area contributed by atoms with Crippen molar-refractivity contribution in [2.75, 3.05) is 46.2 Å². The summed E-state index contributed by atoms with van der Waals surface area (Å²) in [5, 5.41) is 10.5. The maximum Gasteiger partial charge on any atom is 0.259 e. The molecular formula is C25H31N7O3. The Kier molecular flexibility index (Phi) is 7.71. The zero-order valence-corrected chi connectivity index (χ0v) is 20.3. The molecule has 0 spiro atoms. The summed E-state index contributed by atoms with van der Waals surface area (Å²) >= 11 is 0. The fourth-order valence-corrected chi connectivity index (χ4v) is 4.32. The molecule has 0 bridgehead atoms. The van der Waals surface area contributed by atoms with Gasteiger partial charge in [0, 0.05) is 25.7 Å². The minimum atomic E-state index is -0.330. The third-order valence-electron chi connectivity index (χ3n) is 6.02. The van der Waals surface area contributed by atoms with Gasteiger partial charge >= 0.3 is 0 Å². The van der Waals surface area contributed by atoms with E-state index in [2.05, 4.69) is 15.5 Å². The maximum atomic E-state index is 13.0. The first-order chi connectivity index (χ1) is 17.0. The van der Waals surface area contributed by atoms with E-state index in [1.165, 1.54) is 12.4 Å². The molecule has 0 aliphatic carbocycles. The second-order valence-electron chi connectivity index (χ2n) is 8.82. The summed E-state index contributed by atoms with van der Waals surface area (Å²) in [6, 6.07) is 7.15. The van der Waals surface area contributed by atoms with Gasteiger partial charge in [-0.05, 0) is 51.6 Å². The fraction of sp³-hybridized carbons (Fsp3) is 0.400. The Hall–Kier alpha value is -3.79. The number of benzene rings is 1. The molecule has 10 nitrogen and oxygen atoms in total. The van der Waals surface area contributed by atoms with Gasteiger partial charge in [-0.15, -0.1) is 0 Å². The van der Waals surface area contributed by atoms with Crippen molar-refractivity contribution in [2.45, 2.75) is 25.3 Å². The Labute approximate surface area is 204 Å². The summed E-state index contributed by atoms with van der Waals surface area (Å²) in [6.45, 7) is 1.90. The van der Waals surface area contributed by atoms with Gasteiger partial charge in [-0.1, -0.05) is 12.1 Å². The molecular weight excluding hydrogens is 446 g/mol. The van der Waals surface area contributed by atoms with Crippen LogP contribution < -0.4 is 10.1 Å². The van der Waals surface area contributed by atoms with E-state index in [1.54, 1.807) is 19.3 Å². The molecule has 1 unspecified atom stereocenters. The Morgan fingerprint density at radius 1 is 1.23 bits per heavy atom. The smallest absolute Gasteiger partial charge is 0.259 e. The number of methoxy groups -OCH3 is 1. The van der Waals surface area contributed by atoms with E-state index in [4.69, 9.17) is 9.72 Å². The highest BCUT2D eigenvalue weighted by Gasteiger charge is 2.28. The molecule has 4 rings (SSSR count). The normalized spacial score (nSPS) is 16.6. The van der Waals surface area contributed by atoms with E-state index in [1.807, 2.05) is 52.7 Å². The van der Waals surface area contributed by atoms with E-state index < -0.39 is 0 Å². The number of hydrogen-bond acceptors (Lipinski definition) is 7. The molecule has 10 heteroatoms. The van der Waals surface area contributed by atoms with Gasteiger partial charge in [0.2, 0.25) is 11.9 Å². The van der Waals surface area contributed by atoms with Gasteiger partial charge in [0.05, 0.1) is 36.6 Å². The van der Waals surface area contributed by atoms with Gasteiger partial charge in [0.15, 0.2) is 0 Å². The first-order valence-corrected chi connectivity index (χ1v) is 11.7. The van der Waals surface area contributed by atoms with Gasteiger partial charge in [0.25, 0.3) is 5.91 Å². The lowest BCUT2D eigenvalue weighted by Gasteiger charge is -2.26. The molecule has 3 heterocycles. The van der Waals surface area contributed by atoms with Gasteiger partial charge in [0.1, 0.15) is 11.3 Å². The molecule has 0 radical (unpaired) electrons. The van der Waals surface area contributed by atoms with Crippen molar-refractivity contribution >= 4 is 28.8 Å². The van der Waals surface area contributed by atoms with Crippen molar-refractivity contribution in [3.05, 3.63) is 54.4 Å². The van der Waals surface area contributed by atoms with Gasteiger partial charge in [-0.2, -0.15) is 10.2 Å². The van der Waals surface area contributed by atoms with Crippen molar-refractivity contribution in [1.29, 1.82) is 0 Å². The quantitative estimate of drug-likeness (QED) is 0.522. The average molecular weight is 478 g/mol. The SMILES string of the molecule is COc1cccc2nc(NC(=O)c3ccnnc3)n(C3CCCCN(C(=O)/C=C/CN(C)C)C3)c12. The lowest BCUT2D eigenvalue weighted by Crippen LogP contribution is -2.34. The minimum Gasteiger partial charge on any atom is -0.494 e. The highest BCUT2D eigenvalue weighted by Crippen LogP contribution is 2.35. The maximum absolute atomic E-state index is 13.0. The third-order valence-corrected chi connectivity index (χ3v) is 6.02. The van der Waals surface area contributed by atoms with Crippen LogP contribution in [0.1, 0.15) is 35.7 Å². The predicted octanol–water partition coefficient (Wildman–Crippen LogP) is 2.76. The molecule has 35 heavy (non-hydrogen) atoms. The molecule has 1 N–H and O–H groups in total. The number of rotatable bonds is 7. The largest absolute Gasteiger partial charge is 0.494 e. The van der Waals surface area contributed by atoms with Crippen molar-refractivity contribution < 1.29 is 14.3 Å². The van der Waals surface area contributed by atoms with E-state index in [9.17, 15) is 9.59 Å². The van der Waals surface area contributed by atoms with E-state index in [0.29, 0.717) is 42.4 Å². The summed E-state index contributed by atoms with van der Waals surface area (Å²) in [7, 11) is 5.55. The molecule has 1 fully saturated rings. The number of carbonyl (C=O) groups excluding carboxylic acids is 2. The van der Waals surface area contributed by atoms with Crippen LogP contribution in [0.2, 0.25) is 0 Å². The monoisotopic (exact) mass is 477 g/mol. The number of fused-ring (bicyclic) bond motifs is 1. The van der Waals surface area contributed by atoms with Crippen LogP contribution in [-0.2, 0) is 4.79 Å². The van der Waals surface area contributed by atoms with Crippen LogP contribution in [0.3, 0.4) is 0 Å². The Bertz CT molecular complexity index is 1210. The number of likely N-dealkylation sites (N-methyl/N-ethyl adjacent to an activating group) is 1. The molecule has 0 saturated carbocycles. The zero-order chi connectivity index (χ0) is 24.8. The van der Waals surface area contributed by atoms with Crippen LogP contribution in [0.5, 0.6) is 5.75 Å². The third kappa shape index (κ3) is 5.65. The average Bonchev–Trinajstić information content (AvgIpc) is 3.05. The zero-order valence-electron chi connectivity index (χ0n) is 20.3. The number of carbonyl (C=O) groups is 2. The standard InChI is InChI=1S/C25H31N7O3/c1-30(2)14-7-11-22(33)31-15-5-4-8-19(17-31)32-23-20(9-6-10-21(23)35-3)28-25(32)29-24(34)18-12-13-26-27-16-18/h6-7,9-13,16,19H,4-5,8,14-15,17H2,1-3H3,(H,28,29,34)/b11-7+. The predicted molar refractivity (Wildman–Crippen MR) is 133 cm³/mol. The molecule has 2 amide bonds. The van der Waals surface area contributed by atoms with Crippen LogP contribution in [-0.4, -0.2) is 82.2 Å². The van der Waals surface area contributed by atoms with Crippen LogP contribution >= 0.6 is 0 Å². The molecule has 184 valence electrons. The van der Waals surface area contributed by atoms with Crippen LogP contribution in [0.4, 0.5) is 5.95 Å². The number of aromatic nitrogens is 4. The number of hydrogen-bond donors (Lipinski definition) is 1. The van der Waals surface area contributed by atoms with Crippen LogP contribution in [0, 0.1) is 0 Å². The molecule has 1 atom stereocenters. The highest BCUT2D eigenvalue weighted by atomic mass is 16.5. The van der Waals surface area contributed by atoms with Gasteiger partial charge < -0.3 is 19.1 Å². The van der Waals surface area contributed by atoms with Crippen LogP contribution in [0.15, 0.2) is 48.8 Å². The number of imidazole rings is 1. The van der Waals surface area contributed by atoms with Crippen molar-refractivity contribution in [2.24, 2.45) is 0 Å². The number of likely N-dealkylation sites (tertiary alicyclic amines) is 1. The van der Waals surface area contributed by atoms with Gasteiger partial charge in [-0.25, -0.2) is 4.98 Å². The molecule has 1 aromatic carbocycles.